The molecule has 2 aromatic carbocycles. The second-order valence-corrected chi connectivity index (χ2v) is 6.40. The van der Waals surface area contributed by atoms with Crippen molar-refractivity contribution in [2.45, 2.75) is 12.8 Å². The highest BCUT2D eigenvalue weighted by Gasteiger charge is 2.31. The second-order valence-electron chi connectivity index (χ2n) is 5.37. The molecule has 0 unspecified atom stereocenters. The van der Waals surface area contributed by atoms with E-state index in [1.807, 2.05) is 0 Å². The molecule has 4 nitrogen and oxygen atoms in total. The predicted octanol–water partition coefficient (Wildman–Crippen LogP) is 4.90. The van der Waals surface area contributed by atoms with E-state index in [-0.39, 0.29) is 16.3 Å². The van der Waals surface area contributed by atoms with E-state index in [9.17, 15) is 22.7 Å². The molecule has 0 spiro atoms. The van der Waals surface area contributed by atoms with Crippen molar-refractivity contribution in [3.05, 3.63) is 41.7 Å². The molecular weight excluding hydrogens is 374 g/mol. The smallest absolute Gasteiger partial charge is 0.505 e. The molecule has 0 saturated carbocycles. The summed E-state index contributed by atoms with van der Waals surface area (Å²) in [7, 11) is 1.50. The summed E-state index contributed by atoms with van der Waals surface area (Å²) in [5, 5.41) is 10.3. The maximum absolute atomic E-state index is 14.5. The van der Waals surface area contributed by atoms with Crippen molar-refractivity contribution in [1.82, 2.24) is 4.98 Å². The van der Waals surface area contributed by atoms with E-state index in [4.69, 9.17) is 4.74 Å². The lowest BCUT2D eigenvalue weighted by Crippen LogP contribution is -2.16. The first-order valence-corrected chi connectivity index (χ1v) is 8.26. The number of phenolic OH excluding ortho intramolecular Hbond substituents is 1. The van der Waals surface area contributed by atoms with Gasteiger partial charge in [-0.2, -0.15) is 0 Å². The molecule has 0 radical (unpaired) electrons. The molecule has 3 rings (SSSR count). The van der Waals surface area contributed by atoms with Crippen LogP contribution in [0.3, 0.4) is 0 Å². The van der Waals surface area contributed by atoms with Crippen LogP contribution in [0.2, 0.25) is 0 Å². The minimum Gasteiger partial charge on any atom is -0.505 e. The number of fused-ring (bicyclic) bond motifs is 1. The summed E-state index contributed by atoms with van der Waals surface area (Å²) in [5.74, 6) is -1.69. The van der Waals surface area contributed by atoms with Crippen molar-refractivity contribution in [2.24, 2.45) is 0 Å². The topological polar surface area (TPSA) is 51.6 Å². The molecule has 0 aliphatic carbocycles. The molecule has 0 amide bonds. The fourth-order valence-electron chi connectivity index (χ4n) is 2.40. The highest BCUT2D eigenvalue weighted by molar-refractivity contribution is 7.21. The van der Waals surface area contributed by atoms with Gasteiger partial charge >= 0.3 is 6.36 Å². The lowest BCUT2D eigenvalue weighted by molar-refractivity contribution is -0.274. The van der Waals surface area contributed by atoms with Gasteiger partial charge in [-0.3, -0.25) is 0 Å². The Morgan fingerprint density at radius 1 is 1.19 bits per heavy atom. The van der Waals surface area contributed by atoms with Crippen molar-refractivity contribution < 1.29 is 32.1 Å². The van der Waals surface area contributed by atoms with Gasteiger partial charge in [0, 0.05) is 7.11 Å². The first-order chi connectivity index (χ1) is 12.3. The fraction of sp³-hybridized carbons (Fsp3) is 0.235. The summed E-state index contributed by atoms with van der Waals surface area (Å²) >= 11 is 1.00. The average Bonchev–Trinajstić information content (AvgIpc) is 2.97. The molecule has 0 bridgehead atoms. The number of phenols is 1. The summed E-state index contributed by atoms with van der Waals surface area (Å²) < 4.78 is 60.6. The monoisotopic (exact) mass is 387 g/mol. The number of nitrogens with zero attached hydrogens (tertiary/aromatic N) is 1. The highest BCUT2D eigenvalue weighted by atomic mass is 32.1. The molecule has 9 heteroatoms. The molecule has 1 aromatic heterocycles. The number of methoxy groups -OCH3 is 1. The Kier molecular flexibility index (Phi) is 5.01. The van der Waals surface area contributed by atoms with Crippen LogP contribution in [-0.4, -0.2) is 30.2 Å². The van der Waals surface area contributed by atoms with Crippen LogP contribution in [0.25, 0.3) is 20.8 Å². The van der Waals surface area contributed by atoms with Gasteiger partial charge in [-0.05, 0) is 36.2 Å². The number of aromatic nitrogens is 1. The molecule has 1 N–H and O–H groups in total. The van der Waals surface area contributed by atoms with Gasteiger partial charge < -0.3 is 14.6 Å². The van der Waals surface area contributed by atoms with Crippen LogP contribution in [-0.2, 0) is 11.2 Å². The van der Waals surface area contributed by atoms with Gasteiger partial charge in [0.25, 0.3) is 0 Å². The number of benzene rings is 2. The Balaban J connectivity index is 1.96. The Morgan fingerprint density at radius 3 is 2.65 bits per heavy atom. The van der Waals surface area contributed by atoms with Gasteiger partial charge in [-0.15, -0.1) is 24.5 Å². The highest BCUT2D eigenvalue weighted by Crippen LogP contribution is 2.37. The molecule has 0 aliphatic rings. The molecule has 138 valence electrons. The first kappa shape index (κ1) is 18.4. The molecule has 3 aromatic rings. The van der Waals surface area contributed by atoms with Crippen molar-refractivity contribution in [1.29, 1.82) is 0 Å². The number of aromatic hydroxyl groups is 1. The Hall–Kier alpha value is -2.39. The van der Waals surface area contributed by atoms with Gasteiger partial charge in [0.1, 0.15) is 10.8 Å². The zero-order valence-electron chi connectivity index (χ0n) is 13.4. The lowest BCUT2D eigenvalue weighted by atomic mass is 10.1. The summed E-state index contributed by atoms with van der Waals surface area (Å²) in [6.07, 6.45) is -4.45. The molecule has 0 fully saturated rings. The SMILES string of the molecule is COCCc1ccc(-c2nc3ccc(OC(F)(F)F)cc3s2)c(F)c1O. The molecule has 0 saturated heterocycles. The lowest BCUT2D eigenvalue weighted by Gasteiger charge is -2.07. The predicted molar refractivity (Wildman–Crippen MR) is 88.9 cm³/mol. The van der Waals surface area contributed by atoms with Gasteiger partial charge in [0.2, 0.25) is 0 Å². The average molecular weight is 387 g/mol. The number of ether oxygens (including phenoxy) is 2. The van der Waals surface area contributed by atoms with Gasteiger partial charge in [0.05, 0.1) is 22.4 Å². The minimum absolute atomic E-state index is 0.0724. The van der Waals surface area contributed by atoms with Crippen LogP contribution < -0.4 is 4.74 Å². The van der Waals surface area contributed by atoms with E-state index in [1.165, 1.54) is 25.3 Å². The Bertz CT molecular complexity index is 940. The summed E-state index contributed by atoms with van der Waals surface area (Å²) in [5.41, 5.74) is 0.875. The summed E-state index contributed by atoms with van der Waals surface area (Å²) in [6.45, 7) is 0.329. The third-order valence-corrected chi connectivity index (χ3v) is 4.65. The van der Waals surface area contributed by atoms with Crippen LogP contribution >= 0.6 is 11.3 Å². The van der Waals surface area contributed by atoms with Crippen LogP contribution in [0, 0.1) is 5.82 Å². The van der Waals surface area contributed by atoms with Crippen molar-refractivity contribution in [3.63, 3.8) is 0 Å². The quantitative estimate of drug-likeness (QED) is 0.633. The maximum atomic E-state index is 14.5. The van der Waals surface area contributed by atoms with Crippen LogP contribution in [0.15, 0.2) is 30.3 Å². The van der Waals surface area contributed by atoms with E-state index in [0.717, 1.165) is 17.4 Å². The first-order valence-electron chi connectivity index (χ1n) is 7.44. The zero-order chi connectivity index (χ0) is 18.9. The normalized spacial score (nSPS) is 11.9. The minimum atomic E-state index is -4.79. The number of halogens is 4. The molecule has 26 heavy (non-hydrogen) atoms. The van der Waals surface area contributed by atoms with E-state index >= 15 is 0 Å². The third kappa shape index (κ3) is 3.88. The molecule has 0 atom stereocenters. The van der Waals surface area contributed by atoms with E-state index in [2.05, 4.69) is 9.72 Å². The molecule has 1 heterocycles. The Labute approximate surface area is 149 Å². The van der Waals surface area contributed by atoms with E-state index in [1.54, 1.807) is 6.07 Å². The standard InChI is InChI=1S/C17H13F4NO3S/c1-24-7-6-9-2-4-11(14(18)15(9)23)16-22-12-5-3-10(8-13(12)26-16)25-17(19,20)21/h2-5,8,23H,6-7H2,1H3. The van der Waals surface area contributed by atoms with Crippen molar-refractivity contribution in [2.75, 3.05) is 13.7 Å². The Morgan fingerprint density at radius 2 is 1.96 bits per heavy atom. The van der Waals surface area contributed by atoms with Crippen LogP contribution in [0.1, 0.15) is 5.56 Å². The second kappa shape index (κ2) is 7.08. The molecular formula is C17H13F4NO3S. The number of thiazole rings is 1. The largest absolute Gasteiger partial charge is 0.573 e. The maximum Gasteiger partial charge on any atom is 0.573 e. The fourth-order valence-corrected chi connectivity index (χ4v) is 3.41. The zero-order valence-corrected chi connectivity index (χ0v) is 14.2. The number of hydrogen-bond acceptors (Lipinski definition) is 5. The molecule has 0 aliphatic heterocycles. The van der Waals surface area contributed by atoms with Crippen LogP contribution in [0.4, 0.5) is 17.6 Å². The van der Waals surface area contributed by atoms with Crippen LogP contribution in [0.5, 0.6) is 11.5 Å². The number of rotatable bonds is 5. The van der Waals surface area contributed by atoms with E-state index in [0.29, 0.717) is 28.8 Å². The van der Waals surface area contributed by atoms with Gasteiger partial charge in [-0.25, -0.2) is 9.37 Å². The van der Waals surface area contributed by atoms with Gasteiger partial charge in [0.15, 0.2) is 11.6 Å². The van der Waals surface area contributed by atoms with E-state index < -0.39 is 17.9 Å². The van der Waals surface area contributed by atoms with Crippen molar-refractivity contribution in [3.8, 4) is 22.1 Å². The summed E-state index contributed by atoms with van der Waals surface area (Å²) in [6, 6.07) is 6.73. The summed E-state index contributed by atoms with van der Waals surface area (Å²) in [4.78, 5) is 4.22. The van der Waals surface area contributed by atoms with Crippen molar-refractivity contribution >= 4 is 21.6 Å². The number of alkyl halides is 3. The van der Waals surface area contributed by atoms with Gasteiger partial charge in [-0.1, -0.05) is 6.07 Å². The number of hydrogen-bond donors (Lipinski definition) is 1. The third-order valence-electron chi connectivity index (χ3n) is 3.60.